The first-order valence-electron chi connectivity index (χ1n) is 6.55. The first-order valence-corrected chi connectivity index (χ1v) is 9.08. The van der Waals surface area contributed by atoms with Crippen molar-refractivity contribution in [3.8, 4) is 0 Å². The SMILES string of the molecule is CC1CN(C(CN)c2ccc(Br)c(Br)c2)CC(C)S1. The third-order valence-corrected chi connectivity index (χ3v) is 6.55. The van der Waals surface area contributed by atoms with Gasteiger partial charge in [-0.05, 0) is 49.6 Å². The van der Waals surface area contributed by atoms with E-state index in [4.69, 9.17) is 5.73 Å². The van der Waals surface area contributed by atoms with Crippen LogP contribution in [-0.4, -0.2) is 35.0 Å². The van der Waals surface area contributed by atoms with E-state index in [0.717, 1.165) is 22.0 Å². The highest BCUT2D eigenvalue weighted by atomic mass is 79.9. The molecule has 5 heteroatoms. The summed E-state index contributed by atoms with van der Waals surface area (Å²) in [4.78, 5) is 2.53. The Morgan fingerprint density at radius 3 is 2.42 bits per heavy atom. The molecule has 1 aliphatic heterocycles. The molecule has 106 valence electrons. The molecule has 3 atom stereocenters. The minimum absolute atomic E-state index is 0.315. The zero-order valence-corrected chi connectivity index (χ0v) is 15.3. The fraction of sp³-hybridized carbons (Fsp3) is 0.571. The van der Waals surface area contributed by atoms with E-state index >= 15 is 0 Å². The van der Waals surface area contributed by atoms with Crippen molar-refractivity contribution in [3.05, 3.63) is 32.7 Å². The molecular formula is C14H20Br2N2S. The van der Waals surface area contributed by atoms with Crippen molar-refractivity contribution in [1.82, 2.24) is 4.90 Å². The molecule has 1 aromatic rings. The normalized spacial score (nSPS) is 26.4. The van der Waals surface area contributed by atoms with E-state index in [0.29, 0.717) is 23.1 Å². The van der Waals surface area contributed by atoms with Gasteiger partial charge in [-0.3, -0.25) is 4.90 Å². The summed E-state index contributed by atoms with van der Waals surface area (Å²) in [5.74, 6) is 0. The van der Waals surface area contributed by atoms with Crippen LogP contribution in [0.15, 0.2) is 27.1 Å². The van der Waals surface area contributed by atoms with E-state index in [1.54, 1.807) is 0 Å². The van der Waals surface area contributed by atoms with Gasteiger partial charge in [0.2, 0.25) is 0 Å². The van der Waals surface area contributed by atoms with Crippen molar-refractivity contribution in [3.63, 3.8) is 0 Å². The minimum Gasteiger partial charge on any atom is -0.329 e. The van der Waals surface area contributed by atoms with Crippen molar-refractivity contribution in [2.24, 2.45) is 5.73 Å². The Bertz CT molecular complexity index is 431. The summed E-state index contributed by atoms with van der Waals surface area (Å²) in [6.07, 6.45) is 0. The number of thioether (sulfide) groups is 1. The average Bonchev–Trinajstić information content (AvgIpc) is 2.33. The average molecular weight is 408 g/mol. The number of hydrogen-bond acceptors (Lipinski definition) is 3. The van der Waals surface area contributed by atoms with E-state index in [2.05, 4.69) is 80.6 Å². The highest BCUT2D eigenvalue weighted by Crippen LogP contribution is 2.33. The Balaban J connectivity index is 2.21. The van der Waals surface area contributed by atoms with Crippen LogP contribution in [-0.2, 0) is 0 Å². The number of hydrogen-bond donors (Lipinski definition) is 1. The maximum atomic E-state index is 6.04. The van der Waals surface area contributed by atoms with Gasteiger partial charge in [-0.2, -0.15) is 11.8 Å². The third-order valence-electron chi connectivity index (χ3n) is 3.44. The first kappa shape index (κ1) is 15.8. The summed E-state index contributed by atoms with van der Waals surface area (Å²) in [6, 6.07) is 6.76. The Morgan fingerprint density at radius 1 is 1.26 bits per heavy atom. The van der Waals surface area contributed by atoms with Crippen LogP contribution in [0.3, 0.4) is 0 Å². The predicted molar refractivity (Wildman–Crippen MR) is 91.7 cm³/mol. The van der Waals surface area contributed by atoms with Gasteiger partial charge < -0.3 is 5.73 Å². The molecule has 1 aliphatic rings. The van der Waals surface area contributed by atoms with Gasteiger partial charge in [-0.15, -0.1) is 0 Å². The van der Waals surface area contributed by atoms with Crippen molar-refractivity contribution < 1.29 is 0 Å². The van der Waals surface area contributed by atoms with Crippen LogP contribution in [0.2, 0.25) is 0 Å². The summed E-state index contributed by atoms with van der Waals surface area (Å²) < 4.78 is 2.18. The molecule has 2 N–H and O–H groups in total. The number of nitrogens with two attached hydrogens (primary N) is 1. The molecule has 1 aromatic carbocycles. The monoisotopic (exact) mass is 406 g/mol. The summed E-state index contributed by atoms with van der Waals surface area (Å²) in [5.41, 5.74) is 7.33. The van der Waals surface area contributed by atoms with Gasteiger partial charge >= 0.3 is 0 Å². The number of nitrogens with zero attached hydrogens (tertiary/aromatic N) is 1. The Hall–Kier alpha value is 0.450. The van der Waals surface area contributed by atoms with Crippen LogP contribution >= 0.6 is 43.6 Å². The Kier molecular flexibility index (Phi) is 5.78. The minimum atomic E-state index is 0.315. The summed E-state index contributed by atoms with van der Waals surface area (Å²) in [5, 5.41) is 1.35. The van der Waals surface area contributed by atoms with E-state index in [-0.39, 0.29) is 0 Å². The van der Waals surface area contributed by atoms with Crippen molar-refractivity contribution in [2.75, 3.05) is 19.6 Å². The molecule has 0 spiro atoms. The maximum absolute atomic E-state index is 6.04. The van der Waals surface area contributed by atoms with Gasteiger partial charge in [0.25, 0.3) is 0 Å². The van der Waals surface area contributed by atoms with Gasteiger partial charge in [-0.1, -0.05) is 19.9 Å². The zero-order valence-electron chi connectivity index (χ0n) is 11.3. The number of benzene rings is 1. The van der Waals surface area contributed by atoms with Crippen LogP contribution in [0.25, 0.3) is 0 Å². The lowest BCUT2D eigenvalue weighted by Gasteiger charge is -2.39. The summed E-state index contributed by atoms with van der Waals surface area (Å²) in [6.45, 7) is 7.50. The maximum Gasteiger partial charge on any atom is 0.0471 e. The van der Waals surface area contributed by atoms with Crippen molar-refractivity contribution in [1.29, 1.82) is 0 Å². The van der Waals surface area contributed by atoms with Gasteiger partial charge in [0.05, 0.1) is 0 Å². The molecule has 2 rings (SSSR count). The van der Waals surface area contributed by atoms with Crippen LogP contribution in [0.1, 0.15) is 25.5 Å². The van der Waals surface area contributed by atoms with Gasteiger partial charge in [0, 0.05) is 45.1 Å². The highest BCUT2D eigenvalue weighted by molar-refractivity contribution is 9.13. The second-order valence-electron chi connectivity index (χ2n) is 5.14. The molecule has 1 fully saturated rings. The molecule has 1 heterocycles. The molecule has 1 saturated heterocycles. The molecule has 0 amide bonds. The topological polar surface area (TPSA) is 29.3 Å². The van der Waals surface area contributed by atoms with Gasteiger partial charge in [0.1, 0.15) is 0 Å². The summed E-state index contributed by atoms with van der Waals surface area (Å²) in [7, 11) is 0. The largest absolute Gasteiger partial charge is 0.329 e. The van der Waals surface area contributed by atoms with Crippen LogP contribution in [0.5, 0.6) is 0 Å². The highest BCUT2D eigenvalue weighted by Gasteiger charge is 2.28. The molecule has 0 aliphatic carbocycles. The lowest BCUT2D eigenvalue weighted by molar-refractivity contribution is 0.199. The number of rotatable bonds is 3. The fourth-order valence-electron chi connectivity index (χ4n) is 2.69. The molecule has 2 nitrogen and oxygen atoms in total. The van der Waals surface area contributed by atoms with Crippen molar-refractivity contribution >= 4 is 43.6 Å². The molecule has 0 aromatic heterocycles. The molecule has 3 unspecified atom stereocenters. The number of halogens is 2. The predicted octanol–water partition coefficient (Wildman–Crippen LogP) is 4.04. The van der Waals surface area contributed by atoms with E-state index in [1.807, 2.05) is 0 Å². The smallest absolute Gasteiger partial charge is 0.0471 e. The van der Waals surface area contributed by atoms with E-state index in [9.17, 15) is 0 Å². The van der Waals surface area contributed by atoms with E-state index < -0.39 is 0 Å². The standard InChI is InChI=1S/C14H20Br2N2S/c1-9-7-18(8-10(2)19-9)14(6-17)11-3-4-12(15)13(16)5-11/h3-5,9-10,14H,6-8,17H2,1-2H3. The summed E-state index contributed by atoms with van der Waals surface area (Å²) >= 11 is 9.18. The third kappa shape index (κ3) is 3.97. The Morgan fingerprint density at radius 2 is 1.89 bits per heavy atom. The molecule has 19 heavy (non-hydrogen) atoms. The molecule has 0 bridgehead atoms. The molecule has 0 saturated carbocycles. The van der Waals surface area contributed by atoms with Crippen LogP contribution in [0.4, 0.5) is 0 Å². The van der Waals surface area contributed by atoms with Crippen LogP contribution < -0.4 is 5.73 Å². The second kappa shape index (κ2) is 6.94. The second-order valence-corrected chi connectivity index (χ2v) is 8.73. The molecule has 0 radical (unpaired) electrons. The zero-order chi connectivity index (χ0) is 14.0. The van der Waals surface area contributed by atoms with Crippen molar-refractivity contribution in [2.45, 2.75) is 30.4 Å². The van der Waals surface area contributed by atoms with Crippen LogP contribution in [0, 0.1) is 0 Å². The van der Waals surface area contributed by atoms with Gasteiger partial charge in [0.15, 0.2) is 0 Å². The Labute approximate surface area is 136 Å². The molecular weight excluding hydrogens is 388 g/mol. The lowest BCUT2D eigenvalue weighted by Crippen LogP contribution is -2.44. The van der Waals surface area contributed by atoms with Gasteiger partial charge in [-0.25, -0.2) is 0 Å². The fourth-order valence-corrected chi connectivity index (χ4v) is 4.68. The lowest BCUT2D eigenvalue weighted by atomic mass is 10.0. The first-order chi connectivity index (χ1) is 9.01. The quantitative estimate of drug-likeness (QED) is 0.819. The van der Waals surface area contributed by atoms with E-state index in [1.165, 1.54) is 5.56 Å².